The van der Waals surface area contributed by atoms with Gasteiger partial charge in [-0.1, -0.05) is 33.4 Å². The molecule has 1 aliphatic heterocycles. The summed E-state index contributed by atoms with van der Waals surface area (Å²) in [5.74, 6) is 0.0311. The van der Waals surface area contributed by atoms with Crippen molar-refractivity contribution in [3.05, 3.63) is 34.9 Å². The Bertz CT molecular complexity index is 1190. The van der Waals surface area contributed by atoms with Gasteiger partial charge in [0.05, 0.1) is 11.4 Å². The number of hydrogen-bond donors (Lipinski definition) is 4. The van der Waals surface area contributed by atoms with Gasteiger partial charge in [-0.3, -0.25) is 9.79 Å². The number of fused-ring (bicyclic) bond motifs is 1. The molecule has 1 heterocycles. The third kappa shape index (κ3) is 11.5. The first kappa shape index (κ1) is 38.2. The van der Waals surface area contributed by atoms with Crippen molar-refractivity contribution in [3.8, 4) is 5.75 Å². The molecule has 234 valence electrons. The molecule has 1 unspecified atom stereocenters. The predicted molar refractivity (Wildman–Crippen MR) is 165 cm³/mol. The molecule has 1 atom stereocenters. The van der Waals surface area contributed by atoms with Gasteiger partial charge in [0.2, 0.25) is 11.9 Å². The maximum absolute atomic E-state index is 12.8. The molecule has 1 amide bonds. The van der Waals surface area contributed by atoms with Crippen LogP contribution < -0.4 is 26.2 Å². The Hall–Kier alpha value is -2.83. The van der Waals surface area contributed by atoms with Gasteiger partial charge in [-0.05, 0) is 64.2 Å². The molecule has 0 aliphatic carbocycles. The lowest BCUT2D eigenvalue weighted by Crippen LogP contribution is -2.44. The number of ether oxygens (including phenoxy) is 2. The van der Waals surface area contributed by atoms with E-state index in [2.05, 4.69) is 21.6 Å². The minimum Gasteiger partial charge on any atom is -0.487 e. The number of nitrogens with zero attached hydrogens (tertiary/aromatic N) is 1. The molecule has 0 fully saturated rings. The summed E-state index contributed by atoms with van der Waals surface area (Å²) in [7, 11) is -3.79. The van der Waals surface area contributed by atoms with Gasteiger partial charge in [0, 0.05) is 24.4 Å². The third-order valence-corrected chi connectivity index (χ3v) is 7.70. The van der Waals surface area contributed by atoms with Crippen LogP contribution in [0.1, 0.15) is 69.7 Å². The topological polar surface area (TPSA) is 175 Å². The van der Waals surface area contributed by atoms with Crippen LogP contribution in [0.15, 0.2) is 22.5 Å². The summed E-state index contributed by atoms with van der Waals surface area (Å²) < 4.78 is 38.9. The van der Waals surface area contributed by atoms with Crippen molar-refractivity contribution in [1.82, 2.24) is 10.0 Å². The zero-order valence-electron chi connectivity index (χ0n) is 25.6. The van der Waals surface area contributed by atoms with E-state index in [4.69, 9.17) is 32.5 Å². The highest BCUT2D eigenvalue weighted by atomic mass is 35.5. The number of nitrogens with one attached hydrogen (secondary N) is 2. The van der Waals surface area contributed by atoms with Crippen LogP contribution in [-0.4, -0.2) is 63.5 Å². The fraction of sp³-hybridized carbons (Fsp3) is 0.607. The Morgan fingerprint density at radius 2 is 1.83 bits per heavy atom. The SMILES string of the molecule is C=CCOC(=O)C(CCCl)NC(=O)CN.CC.CCCN=C(N)NS(=O)(=O)c1c(C)c(C)c2c(c1C)CC(C)(C)O2. The molecule has 6 N–H and O–H groups in total. The summed E-state index contributed by atoms with van der Waals surface area (Å²) in [4.78, 5) is 26.6. The lowest BCUT2D eigenvalue weighted by Gasteiger charge is -2.19. The average molecular weight is 618 g/mol. The number of carbonyl (C=O) groups excluding carboxylic acids is 2. The summed E-state index contributed by atoms with van der Waals surface area (Å²) in [6, 6.07) is -0.738. The van der Waals surface area contributed by atoms with Gasteiger partial charge in [0.25, 0.3) is 10.0 Å². The number of nitrogens with two attached hydrogens (primary N) is 2. The highest BCUT2D eigenvalue weighted by molar-refractivity contribution is 7.90. The molecule has 1 aliphatic rings. The number of guanidine groups is 1. The van der Waals surface area contributed by atoms with Crippen LogP contribution in [0, 0.1) is 20.8 Å². The van der Waals surface area contributed by atoms with E-state index in [0.29, 0.717) is 24.9 Å². The van der Waals surface area contributed by atoms with Crippen LogP contribution in [-0.2, 0) is 30.8 Å². The van der Waals surface area contributed by atoms with Gasteiger partial charge in [-0.2, -0.15) is 0 Å². The Morgan fingerprint density at radius 1 is 1.22 bits per heavy atom. The molecule has 1 aromatic rings. The summed E-state index contributed by atoms with van der Waals surface area (Å²) >= 11 is 5.49. The Morgan fingerprint density at radius 3 is 2.34 bits per heavy atom. The normalized spacial score (nSPS) is 14.1. The van der Waals surface area contributed by atoms with Crippen molar-refractivity contribution in [2.45, 2.75) is 91.2 Å². The lowest BCUT2D eigenvalue weighted by atomic mass is 9.94. The molecule has 41 heavy (non-hydrogen) atoms. The van der Waals surface area contributed by atoms with Gasteiger partial charge in [0.15, 0.2) is 0 Å². The van der Waals surface area contributed by atoms with Crippen molar-refractivity contribution in [2.75, 3.05) is 25.6 Å². The van der Waals surface area contributed by atoms with Gasteiger partial charge in [-0.15, -0.1) is 11.6 Å². The number of aliphatic imine (C=N–C) groups is 1. The zero-order chi connectivity index (χ0) is 32.0. The molecule has 11 nitrogen and oxygen atoms in total. The Labute approximate surface area is 250 Å². The van der Waals surface area contributed by atoms with E-state index in [-0.39, 0.29) is 35.5 Å². The fourth-order valence-corrected chi connectivity index (χ4v) is 5.70. The molecule has 0 saturated heterocycles. The van der Waals surface area contributed by atoms with Crippen LogP contribution in [0.3, 0.4) is 0 Å². The lowest BCUT2D eigenvalue weighted by molar-refractivity contribution is -0.146. The number of esters is 1. The van der Waals surface area contributed by atoms with E-state index < -0.39 is 27.9 Å². The Kier molecular flexibility index (Phi) is 16.6. The van der Waals surface area contributed by atoms with Crippen molar-refractivity contribution >= 4 is 39.5 Å². The minimum absolute atomic E-state index is 0.0784. The number of halogens is 1. The van der Waals surface area contributed by atoms with E-state index in [9.17, 15) is 18.0 Å². The second-order valence-corrected chi connectivity index (χ2v) is 11.6. The molecule has 2 rings (SSSR count). The molecule has 0 radical (unpaired) electrons. The average Bonchev–Trinajstić information content (AvgIpc) is 3.25. The number of benzene rings is 1. The van der Waals surface area contributed by atoms with Crippen LogP contribution in [0.2, 0.25) is 0 Å². The van der Waals surface area contributed by atoms with E-state index in [1.165, 1.54) is 6.08 Å². The molecular formula is C28H48ClN5O6S. The molecular weight excluding hydrogens is 570 g/mol. The number of sulfonamides is 1. The van der Waals surface area contributed by atoms with E-state index in [1.807, 2.05) is 48.5 Å². The third-order valence-electron chi connectivity index (χ3n) is 5.85. The minimum atomic E-state index is -3.79. The van der Waals surface area contributed by atoms with Gasteiger partial charge >= 0.3 is 5.97 Å². The zero-order valence-corrected chi connectivity index (χ0v) is 27.2. The number of alkyl halides is 1. The van der Waals surface area contributed by atoms with Crippen molar-refractivity contribution < 1.29 is 27.5 Å². The van der Waals surface area contributed by atoms with Crippen molar-refractivity contribution in [3.63, 3.8) is 0 Å². The van der Waals surface area contributed by atoms with Crippen LogP contribution in [0.4, 0.5) is 0 Å². The first-order valence-electron chi connectivity index (χ1n) is 13.6. The number of hydrogen-bond acceptors (Lipinski definition) is 8. The number of amides is 1. The maximum atomic E-state index is 12.8. The molecule has 0 spiro atoms. The number of carbonyl (C=O) groups is 2. The number of rotatable bonds is 11. The predicted octanol–water partition coefficient (Wildman–Crippen LogP) is 3.14. The molecule has 0 aromatic heterocycles. The maximum Gasteiger partial charge on any atom is 0.328 e. The second kappa shape index (κ2) is 17.9. The first-order valence-corrected chi connectivity index (χ1v) is 15.6. The highest BCUT2D eigenvalue weighted by Crippen LogP contribution is 2.43. The van der Waals surface area contributed by atoms with E-state index in [1.54, 1.807) is 6.92 Å². The highest BCUT2D eigenvalue weighted by Gasteiger charge is 2.36. The molecule has 1 aromatic carbocycles. The summed E-state index contributed by atoms with van der Waals surface area (Å²) in [5, 5.41) is 2.42. The monoisotopic (exact) mass is 617 g/mol. The van der Waals surface area contributed by atoms with E-state index in [0.717, 1.165) is 28.9 Å². The largest absolute Gasteiger partial charge is 0.487 e. The summed E-state index contributed by atoms with van der Waals surface area (Å²) in [6.45, 7) is 19.3. The molecule has 0 saturated carbocycles. The smallest absolute Gasteiger partial charge is 0.328 e. The Balaban J connectivity index is 0.000000814. The van der Waals surface area contributed by atoms with E-state index >= 15 is 0 Å². The standard InChI is InChI=1S/C17H27N3O3S.C9H15ClN2O3.C2H6/c1-7-8-19-16(18)20-24(21,22)15-11(3)10(2)14-13(12(15)4)9-17(5,6)23-14;1-2-5-15-9(14)7(3-4-10)12-8(13)6-11;1-2/h7-9H2,1-6H3,(H3,18,19,20);2,7H,1,3-6,11H2,(H,12,13);1-2H3. The van der Waals surface area contributed by atoms with Gasteiger partial charge in [0.1, 0.15) is 24.0 Å². The second-order valence-electron chi connectivity index (χ2n) is 9.64. The van der Waals surface area contributed by atoms with Gasteiger partial charge < -0.3 is 26.3 Å². The fourth-order valence-electron chi connectivity index (χ4n) is 3.95. The van der Waals surface area contributed by atoms with Crippen molar-refractivity contribution in [1.29, 1.82) is 0 Å². The first-order chi connectivity index (χ1) is 19.1. The summed E-state index contributed by atoms with van der Waals surface area (Å²) in [6.07, 6.45) is 3.23. The van der Waals surface area contributed by atoms with Crippen LogP contribution in [0.25, 0.3) is 0 Å². The molecule has 0 bridgehead atoms. The quantitative estimate of drug-likeness (QED) is 0.0962. The molecule has 13 heteroatoms. The van der Waals surface area contributed by atoms with Crippen LogP contribution in [0.5, 0.6) is 5.75 Å². The van der Waals surface area contributed by atoms with Crippen LogP contribution >= 0.6 is 11.6 Å². The van der Waals surface area contributed by atoms with Crippen molar-refractivity contribution in [2.24, 2.45) is 16.5 Å². The van der Waals surface area contributed by atoms with Gasteiger partial charge in [-0.25, -0.2) is 17.9 Å². The summed E-state index contributed by atoms with van der Waals surface area (Å²) in [5.41, 5.74) is 13.7.